The van der Waals surface area contributed by atoms with E-state index in [1.807, 2.05) is 5.32 Å². The van der Waals surface area contributed by atoms with Gasteiger partial charge in [0.15, 0.2) is 5.69 Å². The van der Waals surface area contributed by atoms with Crippen LogP contribution in [0.15, 0.2) is 47.3 Å². The SMILES string of the molecule is O=C(Cn1nc(C(=O)O)c2ccccc2c1=O)Nc1cc(C(F)(F)F)cc(C(F)(F)F)c1. The molecule has 7 nitrogen and oxygen atoms in total. The fraction of sp³-hybridized carbons (Fsp3) is 0.158. The Morgan fingerprint density at radius 1 is 0.938 bits per heavy atom. The Bertz CT molecular complexity index is 1250. The van der Waals surface area contributed by atoms with E-state index in [9.17, 15) is 45.8 Å². The van der Waals surface area contributed by atoms with Gasteiger partial charge in [0.25, 0.3) is 5.56 Å². The molecule has 0 atom stereocenters. The predicted molar refractivity (Wildman–Crippen MR) is 98.0 cm³/mol. The Kier molecular flexibility index (Phi) is 5.68. The third-order valence-corrected chi connectivity index (χ3v) is 4.24. The summed E-state index contributed by atoms with van der Waals surface area (Å²) in [6.45, 7) is -0.957. The van der Waals surface area contributed by atoms with Gasteiger partial charge in [-0.1, -0.05) is 18.2 Å². The first-order valence-corrected chi connectivity index (χ1v) is 8.60. The van der Waals surface area contributed by atoms with Crippen LogP contribution < -0.4 is 10.9 Å². The van der Waals surface area contributed by atoms with Crippen molar-refractivity contribution >= 4 is 28.3 Å². The first-order valence-electron chi connectivity index (χ1n) is 8.60. The number of carboxylic acids is 1. The number of rotatable bonds is 4. The number of benzene rings is 2. The van der Waals surface area contributed by atoms with Gasteiger partial charge in [-0.05, 0) is 24.3 Å². The van der Waals surface area contributed by atoms with Crippen molar-refractivity contribution in [3.63, 3.8) is 0 Å². The van der Waals surface area contributed by atoms with E-state index >= 15 is 0 Å². The number of carbonyl (C=O) groups excluding carboxylic acids is 1. The van der Waals surface area contributed by atoms with E-state index in [1.54, 1.807) is 0 Å². The van der Waals surface area contributed by atoms with E-state index in [1.165, 1.54) is 24.3 Å². The normalized spacial score (nSPS) is 12.1. The Labute approximate surface area is 173 Å². The first-order chi connectivity index (χ1) is 14.8. The lowest BCUT2D eigenvalue weighted by molar-refractivity contribution is -0.143. The molecule has 3 aromatic rings. The zero-order chi connectivity index (χ0) is 23.8. The number of nitrogens with zero attached hydrogens (tertiary/aromatic N) is 2. The fourth-order valence-electron chi connectivity index (χ4n) is 2.86. The Morgan fingerprint density at radius 2 is 1.47 bits per heavy atom. The molecular formula is C19H11F6N3O4. The van der Waals surface area contributed by atoms with Crippen LogP contribution in [0.25, 0.3) is 10.8 Å². The maximum absolute atomic E-state index is 13.0. The van der Waals surface area contributed by atoms with E-state index in [-0.39, 0.29) is 16.8 Å². The van der Waals surface area contributed by atoms with Crippen LogP contribution in [0.3, 0.4) is 0 Å². The summed E-state index contributed by atoms with van der Waals surface area (Å²) in [7, 11) is 0. The van der Waals surface area contributed by atoms with Gasteiger partial charge in [0.1, 0.15) is 6.54 Å². The molecule has 3 rings (SSSR count). The second kappa shape index (κ2) is 7.98. The molecule has 1 amide bonds. The number of aromatic nitrogens is 2. The molecule has 0 saturated heterocycles. The van der Waals surface area contributed by atoms with Crippen LogP contribution in [0, 0.1) is 0 Å². The zero-order valence-electron chi connectivity index (χ0n) is 15.6. The molecule has 0 radical (unpaired) electrons. The number of anilines is 1. The van der Waals surface area contributed by atoms with E-state index in [4.69, 9.17) is 0 Å². The summed E-state index contributed by atoms with van der Waals surface area (Å²) >= 11 is 0. The summed E-state index contributed by atoms with van der Waals surface area (Å²) in [5.41, 5.74) is -5.54. The molecule has 0 aliphatic rings. The highest BCUT2D eigenvalue weighted by molar-refractivity contribution is 6.01. The van der Waals surface area contributed by atoms with Crippen molar-refractivity contribution < 1.29 is 41.0 Å². The Balaban J connectivity index is 1.98. The minimum Gasteiger partial charge on any atom is -0.476 e. The second-order valence-electron chi connectivity index (χ2n) is 6.50. The molecule has 13 heteroatoms. The number of hydrogen-bond acceptors (Lipinski definition) is 4. The molecule has 0 fully saturated rings. The van der Waals surface area contributed by atoms with Crippen molar-refractivity contribution in [3.05, 3.63) is 69.6 Å². The molecule has 0 saturated carbocycles. The van der Waals surface area contributed by atoms with E-state index in [0.29, 0.717) is 16.8 Å². The van der Waals surface area contributed by atoms with Crippen molar-refractivity contribution in [2.45, 2.75) is 18.9 Å². The lowest BCUT2D eigenvalue weighted by Gasteiger charge is -2.15. The number of carbonyl (C=O) groups is 2. The van der Waals surface area contributed by atoms with Crippen LogP contribution in [-0.4, -0.2) is 26.8 Å². The molecule has 0 bridgehead atoms. The highest BCUT2D eigenvalue weighted by Crippen LogP contribution is 2.37. The second-order valence-corrected chi connectivity index (χ2v) is 6.50. The molecular weight excluding hydrogens is 448 g/mol. The number of amides is 1. The molecule has 1 aromatic heterocycles. The van der Waals surface area contributed by atoms with Crippen molar-refractivity contribution in [2.24, 2.45) is 0 Å². The average Bonchev–Trinajstić information content (AvgIpc) is 2.68. The molecule has 0 aliphatic heterocycles. The van der Waals surface area contributed by atoms with Gasteiger partial charge in [0.2, 0.25) is 5.91 Å². The fourth-order valence-corrected chi connectivity index (χ4v) is 2.86. The average molecular weight is 459 g/mol. The monoisotopic (exact) mass is 459 g/mol. The minimum absolute atomic E-state index is 0.00523. The van der Waals surface area contributed by atoms with E-state index < -0.39 is 58.8 Å². The number of fused-ring (bicyclic) bond motifs is 1. The van der Waals surface area contributed by atoms with Crippen molar-refractivity contribution in [1.82, 2.24) is 9.78 Å². The highest BCUT2D eigenvalue weighted by atomic mass is 19.4. The molecule has 2 N–H and O–H groups in total. The maximum Gasteiger partial charge on any atom is 0.416 e. The number of nitrogens with one attached hydrogen (secondary N) is 1. The van der Waals surface area contributed by atoms with Gasteiger partial charge < -0.3 is 10.4 Å². The molecule has 2 aromatic carbocycles. The lowest BCUT2D eigenvalue weighted by Crippen LogP contribution is -2.31. The quantitative estimate of drug-likeness (QED) is 0.579. The van der Waals surface area contributed by atoms with Crippen LogP contribution in [-0.2, 0) is 23.7 Å². The van der Waals surface area contributed by atoms with Crippen LogP contribution in [0.5, 0.6) is 0 Å². The third-order valence-electron chi connectivity index (χ3n) is 4.24. The van der Waals surface area contributed by atoms with Crippen LogP contribution >= 0.6 is 0 Å². The first kappa shape index (κ1) is 22.8. The van der Waals surface area contributed by atoms with E-state index in [0.717, 1.165) is 0 Å². The summed E-state index contributed by atoms with van der Waals surface area (Å²) in [6, 6.07) is 5.98. The number of aromatic carboxylic acids is 1. The van der Waals surface area contributed by atoms with Crippen molar-refractivity contribution in [2.75, 3.05) is 5.32 Å². The predicted octanol–water partition coefficient (Wildman–Crippen LogP) is 3.77. The van der Waals surface area contributed by atoms with Gasteiger partial charge in [-0.2, -0.15) is 31.4 Å². The van der Waals surface area contributed by atoms with Crippen LogP contribution in [0.1, 0.15) is 21.6 Å². The molecule has 1 heterocycles. The van der Waals surface area contributed by atoms with Gasteiger partial charge >= 0.3 is 18.3 Å². The number of carboxylic acid groups (broad SMARTS) is 1. The van der Waals surface area contributed by atoms with Gasteiger partial charge in [0.05, 0.1) is 16.5 Å². The molecule has 0 spiro atoms. The van der Waals surface area contributed by atoms with E-state index in [2.05, 4.69) is 5.10 Å². The zero-order valence-corrected chi connectivity index (χ0v) is 15.6. The molecule has 32 heavy (non-hydrogen) atoms. The summed E-state index contributed by atoms with van der Waals surface area (Å²) in [5, 5.41) is 14.6. The van der Waals surface area contributed by atoms with Gasteiger partial charge in [0, 0.05) is 11.1 Å². The van der Waals surface area contributed by atoms with Gasteiger partial charge in [-0.25, -0.2) is 9.48 Å². The van der Waals surface area contributed by atoms with Crippen LogP contribution in [0.4, 0.5) is 32.0 Å². The molecule has 168 valence electrons. The van der Waals surface area contributed by atoms with Crippen molar-refractivity contribution in [1.29, 1.82) is 0 Å². The minimum atomic E-state index is -5.12. The number of alkyl halides is 6. The topological polar surface area (TPSA) is 101 Å². The van der Waals surface area contributed by atoms with Crippen LogP contribution in [0.2, 0.25) is 0 Å². The summed E-state index contributed by atoms with van der Waals surface area (Å²) < 4.78 is 78.2. The maximum atomic E-state index is 13.0. The standard InChI is InChI=1S/C19H11F6N3O4/c20-18(21,22)9-5-10(19(23,24)25)7-11(6-9)26-14(29)8-28-16(30)13-4-2-1-3-12(13)15(27-28)17(31)32/h1-7H,8H2,(H,26,29)(H,31,32). The number of hydrogen-bond donors (Lipinski definition) is 2. The summed E-state index contributed by atoms with van der Waals surface area (Å²) in [6.07, 6.45) is -10.2. The lowest BCUT2D eigenvalue weighted by atomic mass is 10.1. The highest BCUT2D eigenvalue weighted by Gasteiger charge is 2.37. The number of halogens is 6. The van der Waals surface area contributed by atoms with Gasteiger partial charge in [-0.3, -0.25) is 9.59 Å². The third kappa shape index (κ3) is 4.71. The Morgan fingerprint density at radius 3 is 1.97 bits per heavy atom. The molecule has 0 aliphatic carbocycles. The van der Waals surface area contributed by atoms with Gasteiger partial charge in [-0.15, -0.1) is 0 Å². The summed E-state index contributed by atoms with van der Waals surface area (Å²) in [5.74, 6) is -2.71. The summed E-state index contributed by atoms with van der Waals surface area (Å²) in [4.78, 5) is 36.2. The van der Waals surface area contributed by atoms with Crippen molar-refractivity contribution in [3.8, 4) is 0 Å². The smallest absolute Gasteiger partial charge is 0.416 e. The Hall–Kier alpha value is -3.90. The largest absolute Gasteiger partial charge is 0.476 e. The molecule has 0 unspecified atom stereocenters.